The zero-order chi connectivity index (χ0) is 15.6. The van der Waals surface area contributed by atoms with E-state index in [4.69, 9.17) is 17.4 Å². The lowest BCUT2D eigenvalue weighted by molar-refractivity contribution is 0.102. The quantitative estimate of drug-likeness (QED) is 0.601. The highest BCUT2D eigenvalue weighted by atomic mass is 35.5. The first kappa shape index (κ1) is 15.1. The van der Waals surface area contributed by atoms with Gasteiger partial charge in [0.15, 0.2) is 11.6 Å². The van der Waals surface area contributed by atoms with Gasteiger partial charge in [-0.3, -0.25) is 10.6 Å². The van der Waals surface area contributed by atoms with Crippen molar-refractivity contribution in [2.24, 2.45) is 5.84 Å². The summed E-state index contributed by atoms with van der Waals surface area (Å²) in [5.74, 6) is 1.42. The van der Waals surface area contributed by atoms with Gasteiger partial charge in [-0.2, -0.15) is 0 Å². The summed E-state index contributed by atoms with van der Waals surface area (Å²) in [4.78, 5) is 11.9. The minimum atomic E-state index is -1.03. The molecule has 1 amide bonds. The Morgan fingerprint density at radius 1 is 1.05 bits per heavy atom. The summed E-state index contributed by atoms with van der Waals surface area (Å²) in [5.41, 5.74) is 1.06. The van der Waals surface area contributed by atoms with Crippen molar-refractivity contribution in [1.82, 2.24) is 0 Å². The lowest BCUT2D eigenvalue weighted by Gasteiger charge is -2.09. The third kappa shape index (κ3) is 3.45. The van der Waals surface area contributed by atoms with Crippen LogP contribution in [0.25, 0.3) is 0 Å². The molecule has 0 heterocycles. The number of hydrogen-bond acceptors (Lipinski definition) is 3. The van der Waals surface area contributed by atoms with E-state index in [0.717, 1.165) is 24.3 Å². The fourth-order valence-corrected chi connectivity index (χ4v) is 1.89. The molecule has 0 aliphatic rings. The molecule has 0 atom stereocenters. The van der Waals surface area contributed by atoms with Crippen LogP contribution in [0.1, 0.15) is 10.4 Å². The van der Waals surface area contributed by atoms with Gasteiger partial charge in [-0.1, -0.05) is 11.6 Å². The number of hydrazine groups is 1. The van der Waals surface area contributed by atoms with Crippen LogP contribution in [0.15, 0.2) is 30.3 Å². The predicted octanol–water partition coefficient (Wildman–Crippen LogP) is 3.30. The van der Waals surface area contributed by atoms with Crippen LogP contribution < -0.4 is 16.6 Å². The Morgan fingerprint density at radius 2 is 1.67 bits per heavy atom. The van der Waals surface area contributed by atoms with Gasteiger partial charge in [0.1, 0.15) is 11.5 Å². The van der Waals surface area contributed by atoms with Crippen LogP contribution in [0.2, 0.25) is 5.02 Å². The summed E-state index contributed by atoms with van der Waals surface area (Å²) in [6.45, 7) is 0. The molecule has 21 heavy (non-hydrogen) atoms. The van der Waals surface area contributed by atoms with Gasteiger partial charge in [0.25, 0.3) is 5.91 Å². The minimum absolute atomic E-state index is 0.0619. The first-order chi connectivity index (χ1) is 9.90. The largest absolute Gasteiger partial charge is 0.322 e. The van der Waals surface area contributed by atoms with Crippen molar-refractivity contribution in [3.63, 3.8) is 0 Å². The highest BCUT2D eigenvalue weighted by Crippen LogP contribution is 2.22. The molecular formula is C13H9ClF3N3O. The maximum atomic E-state index is 13.5. The third-order valence-electron chi connectivity index (χ3n) is 2.57. The van der Waals surface area contributed by atoms with E-state index in [-0.39, 0.29) is 16.3 Å². The van der Waals surface area contributed by atoms with Gasteiger partial charge >= 0.3 is 0 Å². The van der Waals surface area contributed by atoms with E-state index >= 15 is 0 Å². The Kier molecular flexibility index (Phi) is 4.35. The van der Waals surface area contributed by atoms with Crippen molar-refractivity contribution >= 4 is 28.9 Å². The number of anilines is 2. The van der Waals surface area contributed by atoms with E-state index in [1.807, 2.05) is 5.43 Å². The summed E-state index contributed by atoms with van der Waals surface area (Å²) in [5, 5.41) is 2.36. The maximum absolute atomic E-state index is 13.5. The lowest BCUT2D eigenvalue weighted by atomic mass is 10.1. The molecule has 2 aromatic rings. The molecule has 0 saturated carbocycles. The van der Waals surface area contributed by atoms with Crippen LogP contribution in [0.4, 0.5) is 24.5 Å². The van der Waals surface area contributed by atoms with Gasteiger partial charge in [-0.15, -0.1) is 0 Å². The number of nitrogens with one attached hydrogen (secondary N) is 2. The van der Waals surface area contributed by atoms with E-state index in [9.17, 15) is 18.0 Å². The number of carbonyl (C=O) groups excluding carboxylic acids is 1. The van der Waals surface area contributed by atoms with Gasteiger partial charge in [0.2, 0.25) is 0 Å². The number of rotatable bonds is 3. The second-order valence-corrected chi connectivity index (χ2v) is 4.51. The monoisotopic (exact) mass is 315 g/mol. The van der Waals surface area contributed by atoms with Crippen LogP contribution in [0, 0.1) is 17.5 Å². The van der Waals surface area contributed by atoms with Crippen molar-refractivity contribution < 1.29 is 18.0 Å². The molecule has 4 nitrogen and oxygen atoms in total. The predicted molar refractivity (Wildman–Crippen MR) is 73.5 cm³/mol. The summed E-state index contributed by atoms with van der Waals surface area (Å²) in [6, 6.07) is 4.97. The Morgan fingerprint density at radius 3 is 2.19 bits per heavy atom. The van der Waals surface area contributed by atoms with Crippen molar-refractivity contribution in [3.05, 3.63) is 58.4 Å². The van der Waals surface area contributed by atoms with Gasteiger partial charge in [0, 0.05) is 16.3 Å². The number of benzene rings is 2. The Balaban J connectivity index is 2.28. The highest BCUT2D eigenvalue weighted by molar-refractivity contribution is 6.31. The van der Waals surface area contributed by atoms with Crippen LogP contribution in [-0.4, -0.2) is 5.91 Å². The normalized spacial score (nSPS) is 10.3. The van der Waals surface area contributed by atoms with E-state index in [2.05, 4.69) is 5.32 Å². The smallest absolute Gasteiger partial charge is 0.255 e. The third-order valence-corrected chi connectivity index (χ3v) is 2.79. The second-order valence-electron chi connectivity index (χ2n) is 4.07. The molecular weight excluding hydrogens is 307 g/mol. The van der Waals surface area contributed by atoms with Crippen molar-refractivity contribution in [1.29, 1.82) is 0 Å². The molecule has 110 valence electrons. The van der Waals surface area contributed by atoms with Gasteiger partial charge in [-0.05, 0) is 30.3 Å². The van der Waals surface area contributed by atoms with Gasteiger partial charge in [0.05, 0.1) is 0 Å². The summed E-state index contributed by atoms with van der Waals surface area (Å²) >= 11 is 5.64. The molecule has 0 aromatic heterocycles. The molecule has 0 saturated heterocycles. The second kappa shape index (κ2) is 6.02. The molecule has 0 bridgehead atoms. The molecule has 0 radical (unpaired) electrons. The van der Waals surface area contributed by atoms with Gasteiger partial charge < -0.3 is 10.7 Å². The number of carbonyl (C=O) groups is 1. The molecule has 0 aliphatic heterocycles. The first-order valence-electron chi connectivity index (χ1n) is 5.64. The summed E-state index contributed by atoms with van der Waals surface area (Å²) < 4.78 is 40.1. The summed E-state index contributed by atoms with van der Waals surface area (Å²) in [7, 11) is 0. The number of nitrogen functional groups attached to an aromatic ring is 1. The van der Waals surface area contributed by atoms with Crippen molar-refractivity contribution in [2.75, 3.05) is 10.7 Å². The minimum Gasteiger partial charge on any atom is -0.322 e. The number of nitrogens with two attached hydrogens (primary N) is 1. The highest BCUT2D eigenvalue weighted by Gasteiger charge is 2.15. The van der Waals surface area contributed by atoms with Crippen LogP contribution in [-0.2, 0) is 0 Å². The fraction of sp³-hybridized carbons (Fsp3) is 0. The molecule has 0 unspecified atom stereocenters. The Bertz CT molecular complexity index is 666. The SMILES string of the molecule is NNc1c(F)cc(C(=O)Nc2cc(F)cc(Cl)c2)cc1F. The fourth-order valence-electron chi connectivity index (χ4n) is 1.67. The van der Waals surface area contributed by atoms with E-state index in [1.54, 1.807) is 0 Å². The lowest BCUT2D eigenvalue weighted by Crippen LogP contribution is -2.15. The molecule has 2 aromatic carbocycles. The molecule has 0 aliphatic carbocycles. The first-order valence-corrected chi connectivity index (χ1v) is 6.01. The zero-order valence-corrected chi connectivity index (χ0v) is 11.1. The average molecular weight is 316 g/mol. The van der Waals surface area contributed by atoms with E-state index in [1.165, 1.54) is 6.07 Å². The number of halogens is 4. The van der Waals surface area contributed by atoms with Crippen LogP contribution >= 0.6 is 11.6 Å². The van der Waals surface area contributed by atoms with E-state index in [0.29, 0.717) is 0 Å². The molecule has 0 spiro atoms. The Hall–Kier alpha value is -2.25. The molecule has 4 N–H and O–H groups in total. The average Bonchev–Trinajstić information content (AvgIpc) is 2.36. The maximum Gasteiger partial charge on any atom is 0.255 e. The standard InChI is InChI=1S/C13H9ClF3N3O/c14-7-3-8(15)5-9(4-7)19-13(21)6-1-10(16)12(20-18)11(17)2-6/h1-5,20H,18H2,(H,19,21). The molecule has 8 heteroatoms. The summed E-state index contributed by atoms with van der Waals surface area (Å²) in [6.07, 6.45) is 0. The number of amides is 1. The topological polar surface area (TPSA) is 67.1 Å². The van der Waals surface area contributed by atoms with Gasteiger partial charge in [-0.25, -0.2) is 13.2 Å². The zero-order valence-electron chi connectivity index (χ0n) is 10.4. The van der Waals surface area contributed by atoms with Crippen LogP contribution in [0.3, 0.4) is 0 Å². The molecule has 0 fully saturated rings. The molecule has 2 rings (SSSR count). The van der Waals surface area contributed by atoms with Crippen LogP contribution in [0.5, 0.6) is 0 Å². The van der Waals surface area contributed by atoms with Crippen molar-refractivity contribution in [2.45, 2.75) is 0 Å². The Labute approximate surface area is 122 Å². The van der Waals surface area contributed by atoms with E-state index < -0.39 is 29.0 Å². The number of hydrogen-bond donors (Lipinski definition) is 3. The van der Waals surface area contributed by atoms with Crippen molar-refractivity contribution in [3.8, 4) is 0 Å².